The third-order valence-corrected chi connectivity index (χ3v) is 3.89. The molecule has 108 valence electrons. The van der Waals surface area contributed by atoms with Gasteiger partial charge in [0.1, 0.15) is 6.07 Å². The third kappa shape index (κ3) is 4.33. The van der Waals surface area contributed by atoms with E-state index in [2.05, 4.69) is 4.72 Å². The number of ether oxygens (including phenoxy) is 1. The molecule has 0 saturated carbocycles. The minimum absolute atomic E-state index is 0.0229. The molecule has 7 heteroatoms. The molecule has 0 unspecified atom stereocenters. The van der Waals surface area contributed by atoms with E-state index in [1.165, 1.54) is 31.2 Å². The molecule has 1 N–H and O–H groups in total. The van der Waals surface area contributed by atoms with Gasteiger partial charge in [-0.1, -0.05) is 6.07 Å². The van der Waals surface area contributed by atoms with E-state index in [4.69, 9.17) is 10.00 Å². The SMILES string of the molecule is CC(C)NS(=O)(=O)c1cccc(C(=O)O[C@@H](C)C#N)c1. The summed E-state index contributed by atoms with van der Waals surface area (Å²) in [5.41, 5.74) is 0.0822. The highest BCUT2D eigenvalue weighted by atomic mass is 32.2. The summed E-state index contributed by atoms with van der Waals surface area (Å²) in [7, 11) is -3.67. The van der Waals surface area contributed by atoms with Crippen LogP contribution in [0.1, 0.15) is 31.1 Å². The molecule has 0 spiro atoms. The van der Waals surface area contributed by atoms with Gasteiger partial charge in [-0.05, 0) is 39.0 Å². The molecule has 0 aliphatic rings. The largest absolute Gasteiger partial charge is 0.444 e. The zero-order chi connectivity index (χ0) is 15.3. The predicted molar refractivity (Wildman–Crippen MR) is 72.4 cm³/mol. The van der Waals surface area contributed by atoms with Crippen molar-refractivity contribution in [3.63, 3.8) is 0 Å². The fourth-order valence-corrected chi connectivity index (χ4v) is 2.72. The second-order valence-corrected chi connectivity index (χ2v) is 6.19. The van der Waals surface area contributed by atoms with E-state index in [0.717, 1.165) is 0 Å². The number of esters is 1. The van der Waals surface area contributed by atoms with Crippen molar-refractivity contribution in [1.82, 2.24) is 4.72 Å². The van der Waals surface area contributed by atoms with Crippen molar-refractivity contribution in [2.45, 2.75) is 37.8 Å². The number of nitrogens with one attached hydrogen (secondary N) is 1. The highest BCUT2D eigenvalue weighted by molar-refractivity contribution is 7.89. The van der Waals surface area contributed by atoms with E-state index in [9.17, 15) is 13.2 Å². The summed E-state index contributed by atoms with van der Waals surface area (Å²) < 4.78 is 31.2. The summed E-state index contributed by atoms with van der Waals surface area (Å²) in [6, 6.07) is 6.99. The van der Waals surface area contributed by atoms with Crippen LogP contribution in [0.25, 0.3) is 0 Å². The Balaban J connectivity index is 3.03. The third-order valence-electron chi connectivity index (χ3n) is 2.24. The summed E-state index contributed by atoms with van der Waals surface area (Å²) >= 11 is 0. The molecule has 1 aromatic rings. The fourth-order valence-electron chi connectivity index (χ4n) is 1.42. The molecule has 0 heterocycles. The minimum Gasteiger partial charge on any atom is -0.444 e. The van der Waals surface area contributed by atoms with Crippen LogP contribution in [0.15, 0.2) is 29.2 Å². The van der Waals surface area contributed by atoms with Gasteiger partial charge in [0, 0.05) is 6.04 Å². The van der Waals surface area contributed by atoms with Gasteiger partial charge in [-0.25, -0.2) is 17.9 Å². The second-order valence-electron chi connectivity index (χ2n) is 4.48. The van der Waals surface area contributed by atoms with E-state index in [1.807, 2.05) is 0 Å². The van der Waals surface area contributed by atoms with Gasteiger partial charge in [0.25, 0.3) is 0 Å². The molecule has 0 aromatic heterocycles. The van der Waals surface area contributed by atoms with Crippen LogP contribution in [-0.2, 0) is 14.8 Å². The zero-order valence-corrected chi connectivity index (χ0v) is 12.3. The van der Waals surface area contributed by atoms with Crippen LogP contribution < -0.4 is 4.72 Å². The predicted octanol–water partition coefficient (Wildman–Crippen LogP) is 1.44. The van der Waals surface area contributed by atoms with Crippen LogP contribution >= 0.6 is 0 Å². The van der Waals surface area contributed by atoms with Crippen molar-refractivity contribution in [2.75, 3.05) is 0 Å². The lowest BCUT2D eigenvalue weighted by Crippen LogP contribution is -2.30. The Morgan fingerprint density at radius 2 is 2.00 bits per heavy atom. The Labute approximate surface area is 118 Å². The maximum absolute atomic E-state index is 12.0. The number of carbonyl (C=O) groups is 1. The zero-order valence-electron chi connectivity index (χ0n) is 11.5. The maximum atomic E-state index is 12.0. The average molecular weight is 296 g/mol. The highest BCUT2D eigenvalue weighted by Crippen LogP contribution is 2.13. The van der Waals surface area contributed by atoms with Crippen molar-refractivity contribution in [1.29, 1.82) is 5.26 Å². The highest BCUT2D eigenvalue weighted by Gasteiger charge is 2.18. The van der Waals surface area contributed by atoms with Crippen molar-refractivity contribution in [3.8, 4) is 6.07 Å². The Bertz CT molecular complexity index is 632. The van der Waals surface area contributed by atoms with Crippen LogP contribution in [0.2, 0.25) is 0 Å². The van der Waals surface area contributed by atoms with Gasteiger partial charge in [0.2, 0.25) is 10.0 Å². The summed E-state index contributed by atoms with van der Waals surface area (Å²) in [5, 5.41) is 8.58. The minimum atomic E-state index is -3.67. The molecule has 6 nitrogen and oxygen atoms in total. The molecular formula is C13H16N2O4S. The van der Waals surface area contributed by atoms with E-state index in [1.54, 1.807) is 19.9 Å². The van der Waals surface area contributed by atoms with Gasteiger partial charge in [0.15, 0.2) is 6.10 Å². The first kappa shape index (κ1) is 16.1. The van der Waals surface area contributed by atoms with Crippen LogP contribution in [0, 0.1) is 11.3 Å². The number of sulfonamides is 1. The molecule has 0 bridgehead atoms. The number of hydrogen-bond acceptors (Lipinski definition) is 5. The van der Waals surface area contributed by atoms with Gasteiger partial charge in [0.05, 0.1) is 10.5 Å². The lowest BCUT2D eigenvalue weighted by atomic mass is 10.2. The Hall–Kier alpha value is -1.91. The van der Waals surface area contributed by atoms with Crippen molar-refractivity contribution >= 4 is 16.0 Å². The molecule has 1 aromatic carbocycles. The standard InChI is InChI=1S/C13H16N2O4S/c1-9(2)15-20(17,18)12-6-4-5-11(7-12)13(16)19-10(3)8-14/h4-7,9-10,15H,1-3H3/t10-/m0/s1. The fraction of sp³-hybridized carbons (Fsp3) is 0.385. The lowest BCUT2D eigenvalue weighted by Gasteiger charge is -2.11. The number of benzene rings is 1. The number of hydrogen-bond donors (Lipinski definition) is 1. The average Bonchev–Trinajstić information content (AvgIpc) is 2.37. The molecular weight excluding hydrogens is 280 g/mol. The van der Waals surface area contributed by atoms with E-state index in [0.29, 0.717) is 0 Å². The number of nitriles is 1. The Morgan fingerprint density at radius 3 is 2.55 bits per heavy atom. The smallest absolute Gasteiger partial charge is 0.339 e. The van der Waals surface area contributed by atoms with Crippen molar-refractivity contribution in [3.05, 3.63) is 29.8 Å². The summed E-state index contributed by atoms with van der Waals surface area (Å²) in [4.78, 5) is 11.7. The molecule has 0 radical (unpaired) electrons. The molecule has 0 fully saturated rings. The molecule has 0 aliphatic heterocycles. The molecule has 20 heavy (non-hydrogen) atoms. The normalized spacial score (nSPS) is 12.8. The first-order valence-corrected chi connectivity index (χ1v) is 7.47. The van der Waals surface area contributed by atoms with Gasteiger partial charge in [-0.2, -0.15) is 5.26 Å². The maximum Gasteiger partial charge on any atom is 0.339 e. The molecule has 1 rings (SSSR count). The summed E-state index contributed by atoms with van der Waals surface area (Å²) in [6.45, 7) is 4.83. The molecule has 0 saturated heterocycles. The monoisotopic (exact) mass is 296 g/mol. The van der Waals surface area contributed by atoms with Crippen LogP contribution in [0.5, 0.6) is 0 Å². The Morgan fingerprint density at radius 1 is 1.35 bits per heavy atom. The number of carbonyl (C=O) groups excluding carboxylic acids is 1. The first-order valence-electron chi connectivity index (χ1n) is 5.99. The number of nitrogens with zero attached hydrogens (tertiary/aromatic N) is 1. The second kappa shape index (κ2) is 6.50. The topological polar surface area (TPSA) is 96.3 Å². The van der Waals surface area contributed by atoms with Gasteiger partial charge in [-0.15, -0.1) is 0 Å². The van der Waals surface area contributed by atoms with Gasteiger partial charge < -0.3 is 4.74 Å². The summed E-state index contributed by atoms with van der Waals surface area (Å²) in [6.07, 6.45) is -0.892. The van der Waals surface area contributed by atoms with E-state index >= 15 is 0 Å². The van der Waals surface area contributed by atoms with E-state index < -0.39 is 22.1 Å². The van der Waals surface area contributed by atoms with Crippen LogP contribution in [0.4, 0.5) is 0 Å². The van der Waals surface area contributed by atoms with Crippen LogP contribution in [-0.4, -0.2) is 26.5 Å². The molecule has 1 atom stereocenters. The number of rotatable bonds is 5. The van der Waals surface area contributed by atoms with Crippen LogP contribution in [0.3, 0.4) is 0 Å². The molecule has 0 amide bonds. The quantitative estimate of drug-likeness (QED) is 0.829. The Kier molecular flexibility index (Phi) is 5.25. The van der Waals surface area contributed by atoms with Gasteiger partial charge in [-0.3, -0.25) is 0 Å². The van der Waals surface area contributed by atoms with Crippen molar-refractivity contribution < 1.29 is 17.9 Å². The molecule has 0 aliphatic carbocycles. The summed E-state index contributed by atoms with van der Waals surface area (Å²) in [5.74, 6) is -0.736. The van der Waals surface area contributed by atoms with E-state index in [-0.39, 0.29) is 16.5 Å². The lowest BCUT2D eigenvalue weighted by molar-refractivity contribution is 0.0435. The first-order chi connectivity index (χ1) is 9.26. The van der Waals surface area contributed by atoms with Gasteiger partial charge >= 0.3 is 5.97 Å². The van der Waals surface area contributed by atoms with Crippen molar-refractivity contribution in [2.24, 2.45) is 0 Å².